The highest BCUT2D eigenvalue weighted by atomic mass is 16.7. The number of methoxy groups -OCH3 is 1. The summed E-state index contributed by atoms with van der Waals surface area (Å²) < 4.78 is 45.9. The highest BCUT2D eigenvalue weighted by molar-refractivity contribution is 5.27. The molecule has 4 aliphatic rings. The van der Waals surface area contributed by atoms with E-state index < -0.39 is 124 Å². The van der Waals surface area contributed by atoms with Crippen LogP contribution in [0.3, 0.4) is 0 Å². The second-order valence-corrected chi connectivity index (χ2v) is 14.2. The van der Waals surface area contributed by atoms with E-state index >= 15 is 0 Å². The maximum absolute atomic E-state index is 11.4. The van der Waals surface area contributed by atoms with Gasteiger partial charge in [-0.3, -0.25) is 4.90 Å². The Morgan fingerprint density at radius 1 is 0.660 bits per heavy atom. The zero-order valence-corrected chi connectivity index (χ0v) is 29.8. The standard InChI is InChI=1S/C34H55NO18/c1-15(2)30-28(44)31(53-34-27(43)26(42)23(39)19(12-37)51-34)25(41)21(49-30)14-47-33-29(45)32(24(40)20(13-38)50-33)52-22-10-35(9-18(11-36)48-22)8-16-4-6-17(46-3)7-5-16/h4-7,15,18-34,36-45H,8-14H2,1-3H3. The smallest absolute Gasteiger partial charge is 0.187 e. The largest absolute Gasteiger partial charge is 0.497 e. The van der Waals surface area contributed by atoms with Gasteiger partial charge in [0.05, 0.1) is 45.7 Å². The van der Waals surface area contributed by atoms with Gasteiger partial charge in [0.15, 0.2) is 18.9 Å². The second kappa shape index (κ2) is 19.0. The van der Waals surface area contributed by atoms with Crippen LogP contribution < -0.4 is 4.74 Å². The van der Waals surface area contributed by atoms with Gasteiger partial charge in [-0.15, -0.1) is 0 Å². The Hall–Kier alpha value is -1.70. The molecule has 5 rings (SSSR count). The molecule has 17 atom stereocenters. The topological polar surface area (TPSA) is 279 Å². The molecule has 17 unspecified atom stereocenters. The average Bonchev–Trinajstić information content (AvgIpc) is 3.15. The summed E-state index contributed by atoms with van der Waals surface area (Å²) in [7, 11) is 1.57. The first-order valence-electron chi connectivity index (χ1n) is 17.8. The zero-order valence-electron chi connectivity index (χ0n) is 29.8. The van der Waals surface area contributed by atoms with Crippen molar-refractivity contribution in [1.29, 1.82) is 0 Å². The molecule has 1 aromatic rings. The van der Waals surface area contributed by atoms with E-state index in [-0.39, 0.29) is 19.1 Å². The maximum atomic E-state index is 11.4. The monoisotopic (exact) mass is 765 g/mol. The molecule has 4 heterocycles. The summed E-state index contributed by atoms with van der Waals surface area (Å²) in [5.41, 5.74) is 0.961. The number of hydrogen-bond acceptors (Lipinski definition) is 19. The lowest BCUT2D eigenvalue weighted by Crippen LogP contribution is -2.65. The van der Waals surface area contributed by atoms with E-state index in [4.69, 9.17) is 37.9 Å². The third-order valence-corrected chi connectivity index (χ3v) is 10.1. The summed E-state index contributed by atoms with van der Waals surface area (Å²) in [6.45, 7) is 2.34. The molecule has 304 valence electrons. The molecule has 10 N–H and O–H groups in total. The van der Waals surface area contributed by atoms with Crippen molar-refractivity contribution >= 4 is 0 Å². The van der Waals surface area contributed by atoms with E-state index in [1.54, 1.807) is 21.0 Å². The minimum atomic E-state index is -1.80. The zero-order chi connectivity index (χ0) is 38.6. The molecular formula is C34H55NO18. The van der Waals surface area contributed by atoms with Gasteiger partial charge < -0.3 is 89.0 Å². The van der Waals surface area contributed by atoms with Crippen LogP contribution in [0.4, 0.5) is 0 Å². The molecule has 4 aliphatic heterocycles. The van der Waals surface area contributed by atoms with Crippen molar-refractivity contribution in [3.63, 3.8) is 0 Å². The van der Waals surface area contributed by atoms with Crippen LogP contribution in [0.1, 0.15) is 19.4 Å². The van der Waals surface area contributed by atoms with E-state index in [9.17, 15) is 51.1 Å². The Bertz CT molecular complexity index is 1250. The van der Waals surface area contributed by atoms with Gasteiger partial charge in [0.25, 0.3) is 0 Å². The van der Waals surface area contributed by atoms with Crippen molar-refractivity contribution in [2.24, 2.45) is 5.92 Å². The van der Waals surface area contributed by atoms with Crippen molar-refractivity contribution in [2.45, 2.75) is 125 Å². The molecule has 0 saturated carbocycles. The molecule has 0 bridgehead atoms. The van der Waals surface area contributed by atoms with Gasteiger partial charge in [0.1, 0.15) is 79.0 Å². The number of benzene rings is 1. The van der Waals surface area contributed by atoms with Crippen LogP contribution in [-0.4, -0.2) is 207 Å². The molecule has 19 heteroatoms. The van der Waals surface area contributed by atoms with Crippen LogP contribution in [0, 0.1) is 5.92 Å². The molecular weight excluding hydrogens is 710 g/mol. The van der Waals surface area contributed by atoms with E-state index in [2.05, 4.69) is 0 Å². The van der Waals surface area contributed by atoms with Crippen molar-refractivity contribution in [2.75, 3.05) is 46.6 Å². The maximum Gasteiger partial charge on any atom is 0.187 e. The first-order chi connectivity index (χ1) is 25.3. The Balaban J connectivity index is 1.26. The number of ether oxygens (including phenoxy) is 8. The van der Waals surface area contributed by atoms with E-state index in [1.807, 2.05) is 29.2 Å². The number of hydrogen-bond donors (Lipinski definition) is 10. The number of aliphatic hydroxyl groups is 10. The van der Waals surface area contributed by atoms with Gasteiger partial charge >= 0.3 is 0 Å². The van der Waals surface area contributed by atoms with Crippen LogP contribution in [-0.2, 0) is 39.7 Å². The summed E-state index contributed by atoms with van der Waals surface area (Å²) in [6.07, 6.45) is -24.1. The van der Waals surface area contributed by atoms with Gasteiger partial charge in [-0.2, -0.15) is 0 Å². The molecule has 0 aromatic heterocycles. The van der Waals surface area contributed by atoms with Gasteiger partial charge in [-0.1, -0.05) is 26.0 Å². The van der Waals surface area contributed by atoms with Crippen LogP contribution in [0.2, 0.25) is 0 Å². The van der Waals surface area contributed by atoms with Crippen molar-refractivity contribution < 1.29 is 89.0 Å². The fraction of sp³-hybridized carbons (Fsp3) is 0.824. The highest BCUT2D eigenvalue weighted by Crippen LogP contribution is 2.33. The highest BCUT2D eigenvalue weighted by Gasteiger charge is 2.52. The molecule has 0 aliphatic carbocycles. The quantitative estimate of drug-likeness (QED) is 0.0853. The first kappa shape index (κ1) is 42.4. The fourth-order valence-corrected chi connectivity index (χ4v) is 7.03. The third kappa shape index (κ3) is 9.82. The fourth-order valence-electron chi connectivity index (χ4n) is 7.03. The Labute approximate surface area is 306 Å². The number of morpholine rings is 1. The molecule has 0 amide bonds. The third-order valence-electron chi connectivity index (χ3n) is 10.1. The van der Waals surface area contributed by atoms with Crippen molar-refractivity contribution in [1.82, 2.24) is 4.90 Å². The van der Waals surface area contributed by atoms with Gasteiger partial charge in [0.2, 0.25) is 0 Å². The summed E-state index contributed by atoms with van der Waals surface area (Å²) in [6, 6.07) is 7.46. The van der Waals surface area contributed by atoms with E-state index in [0.29, 0.717) is 18.8 Å². The molecule has 0 radical (unpaired) electrons. The average molecular weight is 766 g/mol. The number of nitrogens with zero attached hydrogens (tertiary/aromatic N) is 1. The number of aliphatic hydroxyl groups excluding tert-OH is 10. The Morgan fingerprint density at radius 2 is 1.28 bits per heavy atom. The van der Waals surface area contributed by atoms with Gasteiger partial charge in [0, 0.05) is 19.6 Å². The number of rotatable bonds is 14. The normalized spacial score (nSPS) is 42.9. The van der Waals surface area contributed by atoms with Gasteiger partial charge in [-0.05, 0) is 23.6 Å². The lowest BCUT2D eigenvalue weighted by molar-refractivity contribution is -0.354. The summed E-state index contributed by atoms with van der Waals surface area (Å²) in [4.78, 5) is 1.98. The van der Waals surface area contributed by atoms with Crippen molar-refractivity contribution in [3.8, 4) is 5.75 Å². The SMILES string of the molecule is COc1ccc(CN2CC(CO)OC(OC3C(O)C(CO)OC(OCC4OC(C(C)C)C(O)C(OC5OC(CO)C(O)C(O)C5O)C4O)C3O)C2)cc1. The van der Waals surface area contributed by atoms with E-state index in [1.165, 1.54) is 0 Å². The minimum absolute atomic E-state index is 0.200. The van der Waals surface area contributed by atoms with Crippen LogP contribution in [0.5, 0.6) is 5.75 Å². The molecule has 4 saturated heterocycles. The van der Waals surface area contributed by atoms with Crippen LogP contribution in [0.15, 0.2) is 24.3 Å². The van der Waals surface area contributed by atoms with Crippen LogP contribution >= 0.6 is 0 Å². The molecule has 1 aromatic carbocycles. The predicted octanol–water partition coefficient (Wildman–Crippen LogP) is -4.61. The summed E-state index contributed by atoms with van der Waals surface area (Å²) in [5, 5.41) is 105. The molecule has 53 heavy (non-hydrogen) atoms. The minimum Gasteiger partial charge on any atom is -0.497 e. The molecule has 0 spiro atoms. The predicted molar refractivity (Wildman–Crippen MR) is 177 cm³/mol. The molecule has 4 fully saturated rings. The lowest BCUT2D eigenvalue weighted by atomic mass is 9.89. The second-order valence-electron chi connectivity index (χ2n) is 14.2. The van der Waals surface area contributed by atoms with Crippen molar-refractivity contribution in [3.05, 3.63) is 29.8 Å². The summed E-state index contributed by atoms with van der Waals surface area (Å²) in [5.74, 6) is 0.359. The lowest BCUT2D eigenvalue weighted by Gasteiger charge is -2.48. The first-order valence-corrected chi connectivity index (χ1v) is 17.8. The van der Waals surface area contributed by atoms with Gasteiger partial charge in [-0.25, -0.2) is 0 Å². The summed E-state index contributed by atoms with van der Waals surface area (Å²) >= 11 is 0. The Morgan fingerprint density at radius 3 is 1.91 bits per heavy atom. The Kier molecular flexibility index (Phi) is 15.2. The molecule has 19 nitrogen and oxygen atoms in total. The van der Waals surface area contributed by atoms with E-state index in [0.717, 1.165) is 5.56 Å². The van der Waals surface area contributed by atoms with Crippen LogP contribution in [0.25, 0.3) is 0 Å².